The number of benzene rings is 3. The Hall–Kier alpha value is -3.93. The molecule has 3 aromatic carbocycles. The lowest BCUT2D eigenvalue weighted by Crippen LogP contribution is -2.17. The summed E-state index contributed by atoms with van der Waals surface area (Å²) in [6.45, 7) is 1.79. The van der Waals surface area contributed by atoms with E-state index < -0.39 is 0 Å². The zero-order valence-electron chi connectivity index (χ0n) is 17.3. The van der Waals surface area contributed by atoms with Crippen molar-refractivity contribution in [3.8, 4) is 11.1 Å². The van der Waals surface area contributed by atoms with Crippen LogP contribution in [0.3, 0.4) is 0 Å². The zero-order chi connectivity index (χ0) is 22.0. The smallest absolute Gasteiger partial charge is 0.258 e. The minimum absolute atomic E-state index is 0.0949. The maximum atomic E-state index is 13.4. The van der Waals surface area contributed by atoms with Gasteiger partial charge in [-0.1, -0.05) is 31.2 Å². The van der Waals surface area contributed by atoms with Gasteiger partial charge in [0.2, 0.25) is 5.91 Å². The normalized spacial score (nSPS) is 10.8. The molecule has 0 aliphatic rings. The number of aryl methyl sites for hydroxylation is 1. The van der Waals surface area contributed by atoms with E-state index in [9.17, 15) is 14.0 Å². The van der Waals surface area contributed by atoms with E-state index in [0.717, 1.165) is 22.2 Å². The van der Waals surface area contributed by atoms with Gasteiger partial charge in [-0.2, -0.15) is 0 Å². The maximum Gasteiger partial charge on any atom is 0.258 e. The first-order valence-corrected chi connectivity index (χ1v) is 10.0. The Kier molecular flexibility index (Phi) is 5.54. The maximum absolute atomic E-state index is 13.4. The molecule has 0 saturated carbocycles. The van der Waals surface area contributed by atoms with Crippen molar-refractivity contribution in [2.24, 2.45) is 7.05 Å². The second-order valence-corrected chi connectivity index (χ2v) is 7.27. The van der Waals surface area contributed by atoms with Crippen molar-refractivity contribution in [3.63, 3.8) is 0 Å². The Morgan fingerprint density at radius 2 is 1.61 bits per heavy atom. The molecule has 0 fully saturated rings. The second-order valence-electron chi connectivity index (χ2n) is 7.27. The molecular weight excluding hydrogens is 393 g/mol. The summed E-state index contributed by atoms with van der Waals surface area (Å²) in [5.41, 5.74) is 3.51. The van der Waals surface area contributed by atoms with E-state index in [4.69, 9.17) is 0 Å². The van der Waals surface area contributed by atoms with Crippen LogP contribution in [-0.2, 0) is 11.8 Å². The molecule has 1 aromatic heterocycles. The number of amides is 1. The van der Waals surface area contributed by atoms with Crippen molar-refractivity contribution in [1.82, 2.24) is 4.57 Å². The number of fused-ring (bicyclic) bond motifs is 1. The van der Waals surface area contributed by atoms with Gasteiger partial charge >= 0.3 is 0 Å². The van der Waals surface area contributed by atoms with Crippen LogP contribution < -0.4 is 16.2 Å². The monoisotopic (exact) mass is 415 g/mol. The van der Waals surface area contributed by atoms with Gasteiger partial charge in [-0.25, -0.2) is 4.39 Å². The summed E-state index contributed by atoms with van der Waals surface area (Å²) < 4.78 is 14.9. The minimum atomic E-state index is -0.321. The average molecular weight is 415 g/mol. The Morgan fingerprint density at radius 1 is 0.935 bits per heavy atom. The first kappa shape index (κ1) is 20.3. The van der Waals surface area contributed by atoms with E-state index in [1.165, 1.54) is 16.7 Å². The summed E-state index contributed by atoms with van der Waals surface area (Å²) in [6, 6.07) is 19.0. The number of carbonyl (C=O) groups is 1. The molecule has 1 heterocycles. The highest BCUT2D eigenvalue weighted by molar-refractivity contribution is 6.06. The molecule has 1 amide bonds. The molecule has 0 saturated heterocycles. The summed E-state index contributed by atoms with van der Waals surface area (Å²) >= 11 is 0. The second kappa shape index (κ2) is 8.44. The highest BCUT2D eigenvalue weighted by Gasteiger charge is 2.17. The summed E-state index contributed by atoms with van der Waals surface area (Å²) in [7, 11) is 1.71. The van der Waals surface area contributed by atoms with Crippen molar-refractivity contribution >= 4 is 33.7 Å². The van der Waals surface area contributed by atoms with E-state index in [2.05, 4.69) is 10.6 Å². The van der Waals surface area contributed by atoms with Gasteiger partial charge in [0.25, 0.3) is 5.56 Å². The topological polar surface area (TPSA) is 63.1 Å². The van der Waals surface area contributed by atoms with Crippen molar-refractivity contribution < 1.29 is 9.18 Å². The fraction of sp³-hybridized carbons (Fsp3) is 0.120. The lowest BCUT2D eigenvalue weighted by atomic mass is 9.97. The van der Waals surface area contributed by atoms with Crippen molar-refractivity contribution in [3.05, 3.63) is 89.1 Å². The number of hydrogen-bond acceptors (Lipinski definition) is 3. The molecule has 0 unspecified atom stereocenters. The Labute approximate surface area is 179 Å². The number of pyridine rings is 1. The fourth-order valence-corrected chi connectivity index (χ4v) is 3.59. The van der Waals surface area contributed by atoms with Crippen LogP contribution >= 0.6 is 0 Å². The molecular formula is C25H22FN3O2. The zero-order valence-corrected chi connectivity index (χ0v) is 17.3. The first-order valence-electron chi connectivity index (χ1n) is 10.0. The Bertz CT molecular complexity index is 1330. The molecule has 0 radical (unpaired) electrons. The molecule has 156 valence electrons. The molecule has 6 heteroatoms. The van der Waals surface area contributed by atoms with Gasteiger partial charge in [-0.05, 0) is 47.9 Å². The van der Waals surface area contributed by atoms with Crippen LogP contribution in [0.25, 0.3) is 21.9 Å². The van der Waals surface area contributed by atoms with E-state index in [1.807, 2.05) is 36.4 Å². The van der Waals surface area contributed by atoms with Crippen molar-refractivity contribution in [2.75, 3.05) is 10.6 Å². The van der Waals surface area contributed by atoms with Crippen molar-refractivity contribution in [2.45, 2.75) is 13.3 Å². The number of rotatable bonds is 5. The molecule has 2 N–H and O–H groups in total. The van der Waals surface area contributed by atoms with Crippen LogP contribution in [-0.4, -0.2) is 10.5 Å². The van der Waals surface area contributed by atoms with E-state index in [-0.39, 0.29) is 17.3 Å². The molecule has 4 rings (SSSR count). The molecule has 0 aliphatic heterocycles. The summed E-state index contributed by atoms with van der Waals surface area (Å²) in [4.78, 5) is 24.9. The van der Waals surface area contributed by atoms with Gasteiger partial charge < -0.3 is 15.2 Å². The van der Waals surface area contributed by atoms with Crippen LogP contribution in [0, 0.1) is 5.82 Å². The SMILES string of the molecule is CCC(=O)Nc1cccc(Nc2ccc(F)cc2)c1-c1cn(C)c(=O)c2ccccc12. The quantitative estimate of drug-likeness (QED) is 0.456. The Balaban J connectivity index is 1.98. The van der Waals surface area contributed by atoms with Gasteiger partial charge in [-0.15, -0.1) is 0 Å². The van der Waals surface area contributed by atoms with Crippen LogP contribution in [0.5, 0.6) is 0 Å². The number of hydrogen-bond donors (Lipinski definition) is 2. The summed E-state index contributed by atoms with van der Waals surface area (Å²) in [5, 5.41) is 7.66. The number of carbonyl (C=O) groups excluding carboxylic acids is 1. The lowest BCUT2D eigenvalue weighted by molar-refractivity contribution is -0.115. The van der Waals surface area contributed by atoms with Crippen LogP contribution in [0.4, 0.5) is 21.5 Å². The van der Waals surface area contributed by atoms with E-state index in [0.29, 0.717) is 23.2 Å². The largest absolute Gasteiger partial charge is 0.355 e. The fourth-order valence-electron chi connectivity index (χ4n) is 3.59. The number of anilines is 3. The number of nitrogens with one attached hydrogen (secondary N) is 2. The highest BCUT2D eigenvalue weighted by Crippen LogP contribution is 2.39. The molecule has 4 aromatic rings. The number of aromatic nitrogens is 1. The summed E-state index contributed by atoms with van der Waals surface area (Å²) in [6.07, 6.45) is 2.11. The van der Waals surface area contributed by atoms with Crippen LogP contribution in [0.1, 0.15) is 13.3 Å². The third-order valence-electron chi connectivity index (χ3n) is 5.14. The third kappa shape index (κ3) is 4.05. The molecule has 31 heavy (non-hydrogen) atoms. The van der Waals surface area contributed by atoms with E-state index in [1.54, 1.807) is 38.4 Å². The predicted octanol–water partition coefficient (Wildman–Crippen LogP) is 5.44. The molecule has 0 atom stereocenters. The van der Waals surface area contributed by atoms with Gasteiger partial charge in [0.05, 0.1) is 5.69 Å². The summed E-state index contributed by atoms with van der Waals surface area (Å²) in [5.74, 6) is -0.437. The molecule has 5 nitrogen and oxygen atoms in total. The average Bonchev–Trinajstić information content (AvgIpc) is 2.78. The van der Waals surface area contributed by atoms with Gasteiger partial charge in [-0.3, -0.25) is 9.59 Å². The van der Waals surface area contributed by atoms with Gasteiger partial charge in [0.1, 0.15) is 5.82 Å². The highest BCUT2D eigenvalue weighted by atomic mass is 19.1. The molecule has 0 bridgehead atoms. The lowest BCUT2D eigenvalue weighted by Gasteiger charge is -2.19. The third-order valence-corrected chi connectivity index (χ3v) is 5.14. The van der Waals surface area contributed by atoms with Crippen LogP contribution in [0.15, 0.2) is 77.7 Å². The van der Waals surface area contributed by atoms with E-state index >= 15 is 0 Å². The van der Waals surface area contributed by atoms with Crippen molar-refractivity contribution in [1.29, 1.82) is 0 Å². The standard InChI is InChI=1S/C25H22FN3O2/c1-3-23(30)28-22-10-6-9-21(27-17-13-11-16(26)12-14-17)24(22)20-15-29(2)25(31)19-8-5-4-7-18(19)20/h4-15,27H,3H2,1-2H3,(H,28,30). The Morgan fingerprint density at radius 3 is 2.32 bits per heavy atom. The number of nitrogens with zero attached hydrogens (tertiary/aromatic N) is 1. The van der Waals surface area contributed by atoms with Gasteiger partial charge in [0.15, 0.2) is 0 Å². The van der Waals surface area contributed by atoms with Crippen LogP contribution in [0.2, 0.25) is 0 Å². The number of halogens is 1. The minimum Gasteiger partial charge on any atom is -0.355 e. The molecule has 0 aliphatic carbocycles. The molecule has 0 spiro atoms. The first-order chi connectivity index (χ1) is 15.0. The van der Waals surface area contributed by atoms with Gasteiger partial charge in [0, 0.05) is 47.6 Å². The predicted molar refractivity (Wildman–Crippen MR) is 123 cm³/mol.